The predicted molar refractivity (Wildman–Crippen MR) is 64.6 cm³/mol. The Kier molecular flexibility index (Phi) is 4.01. The fraction of sp³-hybridized carbons (Fsp3) is 0.455. The van der Waals surface area contributed by atoms with E-state index < -0.39 is 5.60 Å². The number of halogens is 2. The van der Waals surface area contributed by atoms with E-state index in [1.165, 1.54) is 0 Å². The van der Waals surface area contributed by atoms with E-state index in [4.69, 9.17) is 23.2 Å². The van der Waals surface area contributed by atoms with Gasteiger partial charge in [0, 0.05) is 10.0 Å². The van der Waals surface area contributed by atoms with Crippen molar-refractivity contribution in [2.75, 3.05) is 7.05 Å². The van der Waals surface area contributed by atoms with Crippen molar-refractivity contribution < 1.29 is 5.11 Å². The van der Waals surface area contributed by atoms with Gasteiger partial charge in [0.2, 0.25) is 0 Å². The van der Waals surface area contributed by atoms with Crippen molar-refractivity contribution in [3.8, 4) is 0 Å². The number of likely N-dealkylation sites (N-methyl/N-ethyl adjacent to an activating group) is 1. The van der Waals surface area contributed by atoms with Gasteiger partial charge in [0.1, 0.15) is 0 Å². The maximum absolute atomic E-state index is 9.97. The lowest BCUT2D eigenvalue weighted by molar-refractivity contribution is 0.0401. The summed E-state index contributed by atoms with van der Waals surface area (Å²) in [5.41, 5.74) is -0.0391. The van der Waals surface area contributed by atoms with Gasteiger partial charge in [0.15, 0.2) is 0 Å². The van der Waals surface area contributed by atoms with E-state index in [1.807, 2.05) is 6.07 Å². The molecule has 0 aliphatic carbocycles. The molecule has 0 aliphatic heterocycles. The molecule has 0 radical (unpaired) electrons. The second-order valence-electron chi connectivity index (χ2n) is 4.04. The average molecular weight is 248 g/mol. The van der Waals surface area contributed by atoms with Crippen LogP contribution in [-0.2, 0) is 0 Å². The molecule has 1 unspecified atom stereocenters. The monoisotopic (exact) mass is 247 g/mol. The SMILES string of the molecule is CNC(c1ccc(Cl)cc1Cl)C(C)(C)O. The minimum atomic E-state index is -0.883. The summed E-state index contributed by atoms with van der Waals surface area (Å²) in [6, 6.07) is 5.04. The third-order valence-corrected chi connectivity index (χ3v) is 2.83. The maximum atomic E-state index is 9.97. The van der Waals surface area contributed by atoms with Crippen LogP contribution >= 0.6 is 23.2 Å². The van der Waals surface area contributed by atoms with Gasteiger partial charge in [-0.2, -0.15) is 0 Å². The summed E-state index contributed by atoms with van der Waals surface area (Å²) in [5.74, 6) is 0. The molecule has 0 bridgehead atoms. The highest BCUT2D eigenvalue weighted by Crippen LogP contribution is 2.32. The molecule has 1 aromatic rings. The first kappa shape index (κ1) is 12.8. The van der Waals surface area contributed by atoms with E-state index in [-0.39, 0.29) is 6.04 Å². The van der Waals surface area contributed by atoms with Crippen LogP contribution in [0.15, 0.2) is 18.2 Å². The molecule has 4 heteroatoms. The first-order chi connectivity index (χ1) is 6.86. The molecule has 1 rings (SSSR count). The number of aliphatic hydroxyl groups is 1. The third kappa shape index (κ3) is 3.08. The molecule has 1 aromatic carbocycles. The Balaban J connectivity index is 3.13. The van der Waals surface area contributed by atoms with Gasteiger partial charge in [-0.1, -0.05) is 29.3 Å². The van der Waals surface area contributed by atoms with Crippen LogP contribution in [-0.4, -0.2) is 17.8 Å². The summed E-state index contributed by atoms with van der Waals surface area (Å²) in [7, 11) is 1.79. The summed E-state index contributed by atoms with van der Waals surface area (Å²) < 4.78 is 0. The van der Waals surface area contributed by atoms with Gasteiger partial charge in [-0.25, -0.2) is 0 Å². The smallest absolute Gasteiger partial charge is 0.0786 e. The normalized spacial score (nSPS) is 14.0. The largest absolute Gasteiger partial charge is 0.388 e. The Morgan fingerprint density at radius 3 is 2.33 bits per heavy atom. The van der Waals surface area contributed by atoms with Crippen LogP contribution < -0.4 is 5.32 Å². The molecule has 0 saturated carbocycles. The van der Waals surface area contributed by atoms with Crippen LogP contribution in [0.5, 0.6) is 0 Å². The highest BCUT2D eigenvalue weighted by Gasteiger charge is 2.28. The van der Waals surface area contributed by atoms with Gasteiger partial charge in [-0.3, -0.25) is 0 Å². The lowest BCUT2D eigenvalue weighted by atomic mass is 9.92. The number of nitrogens with one attached hydrogen (secondary N) is 1. The minimum absolute atomic E-state index is 0.220. The molecule has 2 N–H and O–H groups in total. The molecule has 0 aromatic heterocycles. The Hall–Kier alpha value is -0.280. The summed E-state index contributed by atoms with van der Waals surface area (Å²) in [6.07, 6.45) is 0. The fourth-order valence-corrected chi connectivity index (χ4v) is 2.14. The first-order valence-corrected chi connectivity index (χ1v) is 5.46. The molecule has 0 heterocycles. The lowest BCUT2D eigenvalue weighted by Crippen LogP contribution is -2.37. The van der Waals surface area contributed by atoms with E-state index >= 15 is 0 Å². The molecule has 0 spiro atoms. The first-order valence-electron chi connectivity index (χ1n) is 4.71. The van der Waals surface area contributed by atoms with Crippen molar-refractivity contribution >= 4 is 23.2 Å². The summed E-state index contributed by atoms with van der Waals surface area (Å²) in [4.78, 5) is 0. The molecule has 1 atom stereocenters. The molecule has 0 fully saturated rings. The zero-order valence-electron chi connectivity index (χ0n) is 9.01. The molecule has 84 valence electrons. The van der Waals surface area contributed by atoms with Gasteiger partial charge in [0.25, 0.3) is 0 Å². The predicted octanol–water partition coefficient (Wildman–Crippen LogP) is 3.02. The second-order valence-corrected chi connectivity index (χ2v) is 4.88. The van der Waals surface area contributed by atoms with Gasteiger partial charge < -0.3 is 10.4 Å². The summed E-state index contributed by atoms with van der Waals surface area (Å²) in [5, 5.41) is 14.2. The maximum Gasteiger partial charge on any atom is 0.0786 e. The van der Waals surface area contributed by atoms with E-state index in [0.717, 1.165) is 5.56 Å². The molecule has 0 aliphatic rings. The third-order valence-electron chi connectivity index (χ3n) is 2.27. The van der Waals surface area contributed by atoms with Crippen LogP contribution in [0.4, 0.5) is 0 Å². The van der Waals surface area contributed by atoms with Crippen molar-refractivity contribution in [2.45, 2.75) is 25.5 Å². The number of rotatable bonds is 3. The molecule has 0 saturated heterocycles. The Labute approximate surface area is 100 Å². The Morgan fingerprint density at radius 1 is 1.33 bits per heavy atom. The zero-order valence-corrected chi connectivity index (χ0v) is 10.5. The second kappa shape index (κ2) is 4.71. The number of hydrogen-bond acceptors (Lipinski definition) is 2. The van der Waals surface area contributed by atoms with Gasteiger partial charge in [0.05, 0.1) is 11.6 Å². The fourth-order valence-electron chi connectivity index (χ4n) is 1.62. The van der Waals surface area contributed by atoms with Gasteiger partial charge >= 0.3 is 0 Å². The molecular formula is C11H15Cl2NO. The molecular weight excluding hydrogens is 233 g/mol. The zero-order chi connectivity index (χ0) is 11.6. The van der Waals surface area contributed by atoms with Crippen molar-refractivity contribution in [3.05, 3.63) is 33.8 Å². The lowest BCUT2D eigenvalue weighted by Gasteiger charge is -2.30. The summed E-state index contributed by atoms with van der Waals surface area (Å²) in [6.45, 7) is 3.47. The number of benzene rings is 1. The Bertz CT molecular complexity index is 347. The van der Waals surface area contributed by atoms with E-state index in [2.05, 4.69) is 5.32 Å². The quantitative estimate of drug-likeness (QED) is 0.861. The Morgan fingerprint density at radius 2 is 1.93 bits per heavy atom. The molecule has 0 amide bonds. The van der Waals surface area contributed by atoms with E-state index in [9.17, 15) is 5.11 Å². The van der Waals surface area contributed by atoms with Gasteiger partial charge in [-0.05, 0) is 38.6 Å². The van der Waals surface area contributed by atoms with Crippen LogP contribution in [0.1, 0.15) is 25.5 Å². The number of hydrogen-bond donors (Lipinski definition) is 2. The van der Waals surface area contributed by atoms with E-state index in [1.54, 1.807) is 33.0 Å². The van der Waals surface area contributed by atoms with Crippen LogP contribution in [0.25, 0.3) is 0 Å². The average Bonchev–Trinajstić information content (AvgIpc) is 2.07. The van der Waals surface area contributed by atoms with Crippen molar-refractivity contribution in [1.29, 1.82) is 0 Å². The van der Waals surface area contributed by atoms with E-state index in [0.29, 0.717) is 10.0 Å². The highest BCUT2D eigenvalue weighted by molar-refractivity contribution is 6.35. The van der Waals surface area contributed by atoms with Crippen molar-refractivity contribution in [1.82, 2.24) is 5.32 Å². The van der Waals surface area contributed by atoms with Crippen molar-refractivity contribution in [2.24, 2.45) is 0 Å². The highest BCUT2D eigenvalue weighted by atomic mass is 35.5. The van der Waals surface area contributed by atoms with Gasteiger partial charge in [-0.15, -0.1) is 0 Å². The summed E-state index contributed by atoms with van der Waals surface area (Å²) >= 11 is 11.9. The molecule has 15 heavy (non-hydrogen) atoms. The standard InChI is InChI=1S/C11H15Cl2NO/c1-11(2,15)10(14-3)8-5-4-7(12)6-9(8)13/h4-6,10,14-15H,1-3H3. The van der Waals surface area contributed by atoms with Crippen LogP contribution in [0.3, 0.4) is 0 Å². The van der Waals surface area contributed by atoms with Crippen LogP contribution in [0, 0.1) is 0 Å². The molecule has 2 nitrogen and oxygen atoms in total. The minimum Gasteiger partial charge on any atom is -0.388 e. The van der Waals surface area contributed by atoms with Crippen LogP contribution in [0.2, 0.25) is 10.0 Å². The van der Waals surface area contributed by atoms with Crippen molar-refractivity contribution in [3.63, 3.8) is 0 Å². The topological polar surface area (TPSA) is 32.3 Å².